The zero-order valence-corrected chi connectivity index (χ0v) is 18.3. The lowest BCUT2D eigenvalue weighted by atomic mass is 10.2. The van der Waals surface area contributed by atoms with E-state index in [1.807, 2.05) is 4.90 Å². The largest absolute Gasteiger partial charge is 0.397 e. The van der Waals surface area contributed by atoms with E-state index in [0.29, 0.717) is 28.9 Å². The number of aliphatic hydroxyl groups excluding tert-OH is 2. The van der Waals surface area contributed by atoms with Gasteiger partial charge in [-0.15, -0.1) is 0 Å². The number of hydrogen-bond donors (Lipinski definition) is 5. The summed E-state index contributed by atoms with van der Waals surface area (Å²) in [6.07, 6.45) is 0. The number of nitriles is 1. The maximum Gasteiger partial charge on any atom is 0.272 e. The zero-order valence-electron chi connectivity index (χ0n) is 16.7. The molecule has 2 aromatic carbocycles. The zero-order chi connectivity index (χ0) is 23.6. The van der Waals surface area contributed by atoms with Crippen LogP contribution in [0.5, 0.6) is 0 Å². The summed E-state index contributed by atoms with van der Waals surface area (Å²) in [6, 6.07) is 9.36. The van der Waals surface area contributed by atoms with E-state index >= 15 is 0 Å². The molecule has 1 amide bonds. The number of carbonyl (C=O) groups is 1. The molecule has 0 unspecified atom stereocenters. The van der Waals surface area contributed by atoms with Crippen molar-refractivity contribution in [3.05, 3.63) is 50.5 Å². The van der Waals surface area contributed by atoms with Crippen molar-refractivity contribution in [2.24, 2.45) is 0 Å². The van der Waals surface area contributed by atoms with Crippen LogP contribution in [0.3, 0.4) is 0 Å². The summed E-state index contributed by atoms with van der Waals surface area (Å²) in [4.78, 5) is 22.6. The highest BCUT2D eigenvalue weighted by atomic mass is 79.9. The number of aliphatic hydroxyl groups is 2. The van der Waals surface area contributed by atoms with Crippen molar-refractivity contribution >= 4 is 50.3 Å². The van der Waals surface area contributed by atoms with E-state index < -0.39 is 4.92 Å². The number of benzene rings is 2. The van der Waals surface area contributed by atoms with Crippen molar-refractivity contribution in [1.82, 2.24) is 0 Å². The third kappa shape index (κ3) is 7.74. The van der Waals surface area contributed by atoms with Gasteiger partial charge < -0.3 is 31.9 Å². The normalized spacial score (nSPS) is 9.77. The smallest absolute Gasteiger partial charge is 0.272 e. The Balaban J connectivity index is 0.000000327. The van der Waals surface area contributed by atoms with Crippen molar-refractivity contribution in [2.75, 3.05) is 48.0 Å². The molecule has 0 aromatic heterocycles. The number of non-ortho nitro benzene ring substituents is 1. The van der Waals surface area contributed by atoms with Gasteiger partial charge in [0.2, 0.25) is 5.91 Å². The molecule has 0 aliphatic carbocycles. The maximum atomic E-state index is 11.0. The van der Waals surface area contributed by atoms with Crippen molar-refractivity contribution in [2.45, 2.75) is 6.92 Å². The molecule has 0 spiro atoms. The predicted molar refractivity (Wildman–Crippen MR) is 121 cm³/mol. The Bertz CT molecular complexity index is 973. The molecule has 0 saturated heterocycles. The van der Waals surface area contributed by atoms with Crippen LogP contribution in [0, 0.1) is 21.4 Å². The second-order valence-electron chi connectivity index (χ2n) is 6.14. The number of nitrogens with zero attached hydrogens (tertiary/aromatic N) is 3. The van der Waals surface area contributed by atoms with Crippen LogP contribution in [0.1, 0.15) is 12.5 Å². The lowest BCUT2D eigenvalue weighted by Gasteiger charge is -2.24. The van der Waals surface area contributed by atoms with Crippen molar-refractivity contribution < 1.29 is 19.9 Å². The molecule has 0 fully saturated rings. The number of rotatable bonds is 7. The molecule has 2 aromatic rings. The van der Waals surface area contributed by atoms with Crippen LogP contribution in [0.25, 0.3) is 0 Å². The quantitative estimate of drug-likeness (QED) is 0.217. The van der Waals surface area contributed by atoms with Crippen LogP contribution in [0.4, 0.5) is 28.4 Å². The SMILES string of the molecule is CC(=O)Nc1cc(N(CCO)CCO)ccc1N.N#Cc1cc([N+](=O)[O-])cc(Br)c1N. The monoisotopic (exact) mass is 494 g/mol. The Labute approximate surface area is 187 Å². The molecular formula is C19H23BrN6O5. The molecule has 0 heterocycles. The van der Waals surface area contributed by atoms with Crippen LogP contribution < -0.4 is 21.7 Å². The number of anilines is 4. The predicted octanol–water partition coefficient (Wildman–Crippen LogP) is 1.83. The molecule has 0 aliphatic rings. The fourth-order valence-electron chi connectivity index (χ4n) is 2.45. The van der Waals surface area contributed by atoms with E-state index in [4.69, 9.17) is 26.9 Å². The van der Waals surface area contributed by atoms with Crippen molar-refractivity contribution in [3.8, 4) is 6.07 Å². The highest BCUT2D eigenvalue weighted by molar-refractivity contribution is 9.10. The molecular weight excluding hydrogens is 472 g/mol. The number of nitro groups is 1. The van der Waals surface area contributed by atoms with Gasteiger partial charge in [-0.3, -0.25) is 14.9 Å². The molecule has 0 aliphatic heterocycles. The number of carbonyl (C=O) groups excluding carboxylic acids is 1. The van der Waals surface area contributed by atoms with Crippen LogP contribution >= 0.6 is 15.9 Å². The summed E-state index contributed by atoms with van der Waals surface area (Å²) in [6.45, 7) is 2.19. The summed E-state index contributed by atoms with van der Waals surface area (Å²) in [5.74, 6) is -0.199. The second-order valence-corrected chi connectivity index (χ2v) is 7.00. The third-order valence-corrected chi connectivity index (χ3v) is 4.55. The first-order valence-electron chi connectivity index (χ1n) is 8.91. The number of nitro benzene ring substituents is 1. The highest BCUT2D eigenvalue weighted by Crippen LogP contribution is 2.28. The third-order valence-electron chi connectivity index (χ3n) is 3.90. The summed E-state index contributed by atoms with van der Waals surface area (Å²) in [5.41, 5.74) is 13.2. The van der Waals surface area contributed by atoms with Crippen LogP contribution in [0.15, 0.2) is 34.8 Å². The average Bonchev–Trinajstić information content (AvgIpc) is 2.71. The number of nitrogens with one attached hydrogen (secondary N) is 1. The lowest BCUT2D eigenvalue weighted by Crippen LogP contribution is -2.29. The van der Waals surface area contributed by atoms with Crippen LogP contribution in [-0.2, 0) is 4.79 Å². The minimum absolute atomic E-state index is 0.0140. The summed E-state index contributed by atoms with van der Waals surface area (Å²) in [5, 5.41) is 39.5. The summed E-state index contributed by atoms with van der Waals surface area (Å²) >= 11 is 3.03. The topological polar surface area (TPSA) is 192 Å². The Hall–Kier alpha value is -3.40. The molecule has 31 heavy (non-hydrogen) atoms. The van der Waals surface area contributed by atoms with Gasteiger partial charge in [0.1, 0.15) is 6.07 Å². The van der Waals surface area contributed by atoms with Crippen LogP contribution in [0.2, 0.25) is 0 Å². The Morgan fingerprint density at radius 3 is 2.35 bits per heavy atom. The lowest BCUT2D eigenvalue weighted by molar-refractivity contribution is -0.384. The van der Waals surface area contributed by atoms with E-state index in [1.165, 1.54) is 13.0 Å². The number of hydrogen-bond acceptors (Lipinski definition) is 9. The molecule has 7 N–H and O–H groups in total. The maximum absolute atomic E-state index is 11.0. The van der Waals surface area contributed by atoms with Crippen LogP contribution in [-0.4, -0.2) is 47.3 Å². The van der Waals surface area contributed by atoms with E-state index in [-0.39, 0.29) is 36.1 Å². The molecule has 11 nitrogen and oxygen atoms in total. The molecule has 166 valence electrons. The number of nitrogen functional groups attached to an aromatic ring is 2. The highest BCUT2D eigenvalue weighted by Gasteiger charge is 2.12. The Morgan fingerprint density at radius 1 is 1.26 bits per heavy atom. The first-order chi connectivity index (χ1) is 14.6. The fourth-order valence-corrected chi connectivity index (χ4v) is 2.90. The Kier molecular flexibility index (Phi) is 10.2. The van der Waals surface area contributed by atoms with Gasteiger partial charge >= 0.3 is 0 Å². The van der Waals surface area contributed by atoms with E-state index in [9.17, 15) is 14.9 Å². The van der Waals surface area contributed by atoms with Gasteiger partial charge in [-0.1, -0.05) is 0 Å². The fraction of sp³-hybridized carbons (Fsp3) is 0.263. The molecule has 0 saturated carbocycles. The number of nitrogens with two attached hydrogens (primary N) is 2. The van der Waals surface area contributed by atoms with Gasteiger partial charge in [-0.2, -0.15) is 5.26 Å². The van der Waals surface area contributed by atoms with Gasteiger partial charge in [0, 0.05) is 42.3 Å². The minimum atomic E-state index is -0.578. The molecule has 0 radical (unpaired) electrons. The van der Waals surface area contributed by atoms with Gasteiger partial charge in [-0.25, -0.2) is 0 Å². The molecule has 0 atom stereocenters. The van der Waals surface area contributed by atoms with E-state index in [1.54, 1.807) is 24.3 Å². The summed E-state index contributed by atoms with van der Waals surface area (Å²) in [7, 11) is 0. The van der Waals surface area contributed by atoms with Crippen molar-refractivity contribution in [3.63, 3.8) is 0 Å². The second kappa shape index (κ2) is 12.3. The van der Waals surface area contributed by atoms with Crippen molar-refractivity contribution in [1.29, 1.82) is 5.26 Å². The van der Waals surface area contributed by atoms with Gasteiger partial charge in [0.25, 0.3) is 5.69 Å². The minimum Gasteiger partial charge on any atom is -0.397 e. The average molecular weight is 495 g/mol. The first-order valence-corrected chi connectivity index (χ1v) is 9.71. The van der Waals surface area contributed by atoms with E-state index in [0.717, 1.165) is 11.8 Å². The number of halogens is 1. The molecule has 12 heteroatoms. The molecule has 0 bridgehead atoms. The summed E-state index contributed by atoms with van der Waals surface area (Å²) < 4.78 is 0.359. The van der Waals surface area contributed by atoms with Gasteiger partial charge in [0.15, 0.2) is 0 Å². The first kappa shape index (κ1) is 25.6. The molecule has 2 rings (SSSR count). The Morgan fingerprint density at radius 2 is 1.87 bits per heavy atom. The standard InChI is InChI=1S/C12H19N3O3.C7H4BrN3O2/c1-9(18)14-12-8-10(2-3-11(12)13)15(4-6-16)5-7-17;8-6-2-5(11(12)13)1-4(3-9)7(6)10/h2-3,8,16-17H,4-7,13H2,1H3,(H,14,18);1-2H,10H2. The van der Waals surface area contributed by atoms with Gasteiger partial charge in [-0.05, 0) is 34.1 Å². The number of amides is 1. The van der Waals surface area contributed by atoms with Gasteiger partial charge in [0.05, 0.1) is 40.8 Å². The van der Waals surface area contributed by atoms with E-state index in [2.05, 4.69) is 21.2 Å².